The van der Waals surface area contributed by atoms with Crippen LogP contribution in [-0.4, -0.2) is 28.9 Å². The van der Waals surface area contributed by atoms with Gasteiger partial charge in [-0.1, -0.05) is 62.7 Å². The van der Waals surface area contributed by atoms with Gasteiger partial charge in [-0.3, -0.25) is 14.5 Å². The summed E-state index contributed by atoms with van der Waals surface area (Å²) in [5, 5.41) is 11.5. The quantitative estimate of drug-likeness (QED) is 0.298. The van der Waals surface area contributed by atoms with Crippen LogP contribution in [0.2, 0.25) is 5.02 Å². The van der Waals surface area contributed by atoms with Crippen LogP contribution in [0.4, 0.5) is 5.82 Å². The van der Waals surface area contributed by atoms with Crippen LogP contribution in [0.15, 0.2) is 72.4 Å². The van der Waals surface area contributed by atoms with Gasteiger partial charge in [-0.05, 0) is 46.9 Å². The van der Waals surface area contributed by atoms with Gasteiger partial charge in [0.15, 0.2) is 0 Å². The first kappa shape index (κ1) is 23.5. The molecule has 1 aliphatic heterocycles. The van der Waals surface area contributed by atoms with Crippen molar-refractivity contribution in [3.05, 3.63) is 94.1 Å². The number of Topliss-reactive ketones (excluding diaryl/α,β-unsaturated/α-hetero) is 1. The average Bonchev–Trinajstić information content (AvgIpc) is 3.09. The molecule has 0 unspecified atom stereocenters. The van der Waals surface area contributed by atoms with E-state index in [0.717, 1.165) is 5.56 Å². The van der Waals surface area contributed by atoms with E-state index >= 15 is 0 Å². The summed E-state index contributed by atoms with van der Waals surface area (Å²) in [6.07, 6.45) is 1.55. The number of aliphatic hydroxyl groups is 1. The van der Waals surface area contributed by atoms with Crippen molar-refractivity contribution in [1.82, 2.24) is 4.98 Å². The Balaban J connectivity index is 1.92. The van der Waals surface area contributed by atoms with Gasteiger partial charge in [-0.15, -0.1) is 0 Å². The molecule has 0 bridgehead atoms. The highest BCUT2D eigenvalue weighted by Gasteiger charge is 2.47. The smallest absolute Gasteiger partial charge is 0.301 e. The van der Waals surface area contributed by atoms with Gasteiger partial charge in [-0.25, -0.2) is 4.98 Å². The Labute approximate surface area is 203 Å². The first-order chi connectivity index (χ1) is 16.1. The molecule has 34 heavy (non-hydrogen) atoms. The fourth-order valence-corrected chi connectivity index (χ4v) is 4.27. The highest BCUT2D eigenvalue weighted by Crippen LogP contribution is 2.42. The fraction of sp³-hybridized carbons (Fsp3) is 0.222. The molecule has 2 aromatic carbocycles. The van der Waals surface area contributed by atoms with Crippen LogP contribution in [-0.2, 0) is 15.0 Å². The Bertz CT molecular complexity index is 1280. The SMILES string of the molecule is COc1ccc(/C(O)=C2\C(=O)C(=O)N(c3ccccn3)[C@H]2c2ccc(C(C)(C)C)cc2)cc1Cl. The molecule has 0 aliphatic carbocycles. The van der Waals surface area contributed by atoms with Crippen LogP contribution in [0.3, 0.4) is 0 Å². The lowest BCUT2D eigenvalue weighted by molar-refractivity contribution is -0.132. The van der Waals surface area contributed by atoms with Gasteiger partial charge >= 0.3 is 5.91 Å². The summed E-state index contributed by atoms with van der Waals surface area (Å²) in [6.45, 7) is 6.32. The lowest BCUT2D eigenvalue weighted by atomic mass is 9.85. The van der Waals surface area contributed by atoms with Crippen molar-refractivity contribution >= 4 is 34.9 Å². The number of aromatic nitrogens is 1. The molecule has 7 heteroatoms. The standard InChI is InChI=1S/C27H25ClN2O4/c1-27(2,3)18-11-8-16(9-12-18)23-22(24(31)17-10-13-20(34-4)19(28)15-17)25(32)26(33)30(23)21-7-5-6-14-29-21/h5-15,23,31H,1-4H3/b24-22+/t23-/m0/s1. The molecule has 3 aromatic rings. The fourth-order valence-electron chi connectivity index (χ4n) is 4.02. The number of hydrogen-bond acceptors (Lipinski definition) is 5. The number of ether oxygens (including phenoxy) is 1. The molecule has 6 nitrogen and oxygen atoms in total. The van der Waals surface area contributed by atoms with Crippen LogP contribution >= 0.6 is 11.6 Å². The third kappa shape index (κ3) is 4.17. The predicted octanol–water partition coefficient (Wildman–Crippen LogP) is 5.67. The third-order valence-electron chi connectivity index (χ3n) is 5.86. The van der Waals surface area contributed by atoms with Gasteiger partial charge in [0, 0.05) is 11.8 Å². The molecule has 1 fully saturated rings. The number of rotatable bonds is 4. The minimum Gasteiger partial charge on any atom is -0.507 e. The van der Waals surface area contributed by atoms with E-state index in [-0.39, 0.29) is 21.8 Å². The molecule has 0 radical (unpaired) electrons. The van der Waals surface area contributed by atoms with Crippen molar-refractivity contribution in [1.29, 1.82) is 0 Å². The maximum absolute atomic E-state index is 13.2. The summed E-state index contributed by atoms with van der Waals surface area (Å²) >= 11 is 6.25. The second kappa shape index (κ2) is 8.95. The zero-order valence-corrected chi connectivity index (χ0v) is 20.1. The first-order valence-corrected chi connectivity index (χ1v) is 11.2. The highest BCUT2D eigenvalue weighted by atomic mass is 35.5. The maximum Gasteiger partial charge on any atom is 0.301 e. The first-order valence-electron chi connectivity index (χ1n) is 10.8. The van der Waals surface area contributed by atoms with Crippen LogP contribution in [0.1, 0.15) is 43.5 Å². The molecule has 0 saturated carbocycles. The minimum absolute atomic E-state index is 0.0274. The zero-order valence-electron chi connectivity index (χ0n) is 19.4. The second-order valence-corrected chi connectivity index (χ2v) is 9.49. The van der Waals surface area contributed by atoms with Crippen LogP contribution in [0.25, 0.3) is 5.76 Å². The summed E-state index contributed by atoms with van der Waals surface area (Å²) in [7, 11) is 1.49. The highest BCUT2D eigenvalue weighted by molar-refractivity contribution is 6.51. The number of anilines is 1. The summed E-state index contributed by atoms with van der Waals surface area (Å²) < 4.78 is 5.18. The third-order valence-corrected chi connectivity index (χ3v) is 6.15. The van der Waals surface area contributed by atoms with Crippen molar-refractivity contribution < 1.29 is 19.4 Å². The van der Waals surface area contributed by atoms with E-state index in [1.807, 2.05) is 24.3 Å². The van der Waals surface area contributed by atoms with E-state index in [1.165, 1.54) is 18.1 Å². The molecule has 1 aliphatic rings. The van der Waals surface area contributed by atoms with Crippen molar-refractivity contribution in [3.63, 3.8) is 0 Å². The van der Waals surface area contributed by atoms with Crippen LogP contribution in [0, 0.1) is 0 Å². The van der Waals surface area contributed by atoms with E-state index in [4.69, 9.17) is 16.3 Å². The van der Waals surface area contributed by atoms with E-state index in [2.05, 4.69) is 25.8 Å². The topological polar surface area (TPSA) is 79.7 Å². The summed E-state index contributed by atoms with van der Waals surface area (Å²) in [5.41, 5.74) is 2.00. The zero-order chi connectivity index (χ0) is 24.6. The number of halogens is 1. The lowest BCUT2D eigenvalue weighted by Crippen LogP contribution is -2.30. The molecule has 174 valence electrons. The molecular weight excluding hydrogens is 452 g/mol. The van der Waals surface area contributed by atoms with Gasteiger partial charge < -0.3 is 9.84 Å². The average molecular weight is 477 g/mol. The summed E-state index contributed by atoms with van der Waals surface area (Å²) in [5.74, 6) is -1.11. The lowest BCUT2D eigenvalue weighted by Gasteiger charge is -2.25. The van der Waals surface area contributed by atoms with Crippen molar-refractivity contribution in [3.8, 4) is 5.75 Å². The van der Waals surface area contributed by atoms with Crippen molar-refractivity contribution in [2.45, 2.75) is 32.2 Å². The molecular formula is C27H25ClN2O4. The minimum atomic E-state index is -0.857. The molecule has 2 heterocycles. The molecule has 1 aromatic heterocycles. The van der Waals surface area contributed by atoms with Crippen molar-refractivity contribution in [2.75, 3.05) is 12.0 Å². The van der Waals surface area contributed by atoms with Gasteiger partial charge in [0.25, 0.3) is 5.78 Å². The number of amides is 1. The van der Waals surface area contributed by atoms with Crippen molar-refractivity contribution in [2.24, 2.45) is 0 Å². The number of carbonyl (C=O) groups excluding carboxylic acids is 2. The van der Waals surface area contributed by atoms with Crippen LogP contribution < -0.4 is 9.64 Å². The van der Waals surface area contributed by atoms with E-state index in [0.29, 0.717) is 22.7 Å². The molecule has 1 saturated heterocycles. The van der Waals surface area contributed by atoms with Gasteiger partial charge in [0.2, 0.25) is 0 Å². The maximum atomic E-state index is 13.2. The van der Waals surface area contributed by atoms with E-state index in [1.54, 1.807) is 36.5 Å². The van der Waals surface area contributed by atoms with E-state index < -0.39 is 17.7 Å². The number of nitrogens with zero attached hydrogens (tertiary/aromatic N) is 2. The summed E-state index contributed by atoms with van der Waals surface area (Å²) in [6, 6.07) is 16.7. The van der Waals surface area contributed by atoms with Gasteiger partial charge in [0.1, 0.15) is 17.3 Å². The normalized spacial score (nSPS) is 17.8. The number of aliphatic hydroxyl groups excluding tert-OH is 1. The largest absolute Gasteiger partial charge is 0.507 e. The molecule has 0 spiro atoms. The molecule has 1 N–H and O–H groups in total. The van der Waals surface area contributed by atoms with Crippen LogP contribution in [0.5, 0.6) is 5.75 Å². The number of carbonyl (C=O) groups is 2. The Hall–Kier alpha value is -3.64. The number of methoxy groups -OCH3 is 1. The molecule has 4 rings (SSSR count). The number of pyridine rings is 1. The molecule has 1 atom stereocenters. The number of ketones is 1. The van der Waals surface area contributed by atoms with Gasteiger partial charge in [0.05, 0.1) is 23.7 Å². The van der Waals surface area contributed by atoms with Gasteiger partial charge in [-0.2, -0.15) is 0 Å². The Morgan fingerprint density at radius 1 is 1.06 bits per heavy atom. The monoisotopic (exact) mass is 476 g/mol. The molecule has 1 amide bonds. The summed E-state index contributed by atoms with van der Waals surface area (Å²) in [4.78, 5) is 32.0. The van der Waals surface area contributed by atoms with E-state index in [9.17, 15) is 14.7 Å². The Morgan fingerprint density at radius 3 is 2.32 bits per heavy atom. The number of hydrogen-bond donors (Lipinski definition) is 1. The Morgan fingerprint density at radius 2 is 1.76 bits per heavy atom. The second-order valence-electron chi connectivity index (χ2n) is 9.08. The Kier molecular flexibility index (Phi) is 6.19. The number of benzene rings is 2. The predicted molar refractivity (Wildman–Crippen MR) is 132 cm³/mol.